The van der Waals surface area contributed by atoms with Crippen molar-refractivity contribution in [2.45, 2.75) is 13.5 Å². The lowest BCUT2D eigenvalue weighted by atomic mass is 10.4. The number of aromatic nitrogens is 2. The first kappa shape index (κ1) is 11.4. The Hall–Kier alpha value is -0.660. The maximum Gasteiger partial charge on any atom is 0.356 e. The first-order chi connectivity index (χ1) is 6.69. The standard InChI is InChI=1S/C8H10FIN2O2/c1-2-14-8(13)6-5-7(10)11-12(6)4-3-9/h5H,2-4H2,1H3. The van der Waals surface area contributed by atoms with Gasteiger partial charge in [-0.1, -0.05) is 0 Å². The van der Waals surface area contributed by atoms with Gasteiger partial charge in [0.15, 0.2) is 0 Å². The van der Waals surface area contributed by atoms with Gasteiger partial charge < -0.3 is 4.74 Å². The van der Waals surface area contributed by atoms with Gasteiger partial charge >= 0.3 is 5.97 Å². The van der Waals surface area contributed by atoms with E-state index in [2.05, 4.69) is 5.10 Å². The van der Waals surface area contributed by atoms with Crippen molar-refractivity contribution in [1.82, 2.24) is 9.78 Å². The lowest BCUT2D eigenvalue weighted by molar-refractivity contribution is 0.0511. The zero-order valence-corrected chi connectivity index (χ0v) is 9.82. The maximum atomic E-state index is 12.1. The van der Waals surface area contributed by atoms with Crippen molar-refractivity contribution in [1.29, 1.82) is 0 Å². The zero-order valence-electron chi connectivity index (χ0n) is 7.67. The van der Waals surface area contributed by atoms with Crippen LogP contribution in [-0.4, -0.2) is 29.0 Å². The Bertz CT molecular complexity index is 327. The highest BCUT2D eigenvalue weighted by molar-refractivity contribution is 14.1. The van der Waals surface area contributed by atoms with E-state index in [4.69, 9.17) is 4.74 Å². The third-order valence-corrected chi connectivity index (χ3v) is 2.06. The van der Waals surface area contributed by atoms with Gasteiger partial charge in [0.05, 0.1) is 13.2 Å². The predicted molar refractivity (Wildman–Crippen MR) is 56.9 cm³/mol. The van der Waals surface area contributed by atoms with Crippen LogP contribution in [0.15, 0.2) is 6.07 Å². The topological polar surface area (TPSA) is 44.1 Å². The lowest BCUT2D eigenvalue weighted by Gasteiger charge is -2.03. The fourth-order valence-corrected chi connectivity index (χ4v) is 1.56. The summed E-state index contributed by atoms with van der Waals surface area (Å²) in [4.78, 5) is 11.3. The van der Waals surface area contributed by atoms with Gasteiger partial charge in [-0.25, -0.2) is 9.18 Å². The van der Waals surface area contributed by atoms with Crippen LogP contribution < -0.4 is 0 Å². The molecule has 0 aliphatic carbocycles. The summed E-state index contributed by atoms with van der Waals surface area (Å²) in [5.74, 6) is -0.462. The van der Waals surface area contributed by atoms with E-state index in [1.807, 2.05) is 22.6 Å². The monoisotopic (exact) mass is 312 g/mol. The summed E-state index contributed by atoms with van der Waals surface area (Å²) in [5, 5.41) is 3.97. The molecule has 0 saturated heterocycles. The number of alkyl halides is 1. The maximum absolute atomic E-state index is 12.1. The summed E-state index contributed by atoms with van der Waals surface area (Å²) in [5.41, 5.74) is 0.300. The number of nitrogens with zero attached hydrogens (tertiary/aromatic N) is 2. The summed E-state index contributed by atoms with van der Waals surface area (Å²) in [6.45, 7) is 1.55. The number of ether oxygens (including phenoxy) is 1. The number of aryl methyl sites for hydroxylation is 1. The lowest BCUT2D eigenvalue weighted by Crippen LogP contribution is -2.14. The molecule has 0 aromatic carbocycles. The average Bonchev–Trinajstić information content (AvgIpc) is 2.48. The molecule has 0 bridgehead atoms. The fourth-order valence-electron chi connectivity index (χ4n) is 1.01. The molecule has 78 valence electrons. The highest BCUT2D eigenvalue weighted by atomic mass is 127. The van der Waals surface area contributed by atoms with Crippen LogP contribution >= 0.6 is 22.6 Å². The quantitative estimate of drug-likeness (QED) is 0.627. The number of hydrogen-bond acceptors (Lipinski definition) is 3. The van der Waals surface area contributed by atoms with Gasteiger partial charge in [-0.3, -0.25) is 4.68 Å². The van der Waals surface area contributed by atoms with Crippen molar-refractivity contribution in [3.05, 3.63) is 15.5 Å². The van der Waals surface area contributed by atoms with Crippen molar-refractivity contribution in [3.63, 3.8) is 0 Å². The summed E-state index contributed by atoms with van der Waals surface area (Å²) in [6.07, 6.45) is 0. The van der Waals surface area contributed by atoms with E-state index < -0.39 is 12.6 Å². The van der Waals surface area contributed by atoms with Crippen molar-refractivity contribution in [3.8, 4) is 0 Å². The Morgan fingerprint density at radius 2 is 2.50 bits per heavy atom. The molecule has 0 saturated carbocycles. The normalized spacial score (nSPS) is 10.2. The Balaban J connectivity index is 2.88. The third-order valence-electron chi connectivity index (χ3n) is 1.53. The zero-order chi connectivity index (χ0) is 10.6. The van der Waals surface area contributed by atoms with Gasteiger partial charge in [0.2, 0.25) is 0 Å². The molecule has 0 spiro atoms. The number of hydrogen-bond donors (Lipinski definition) is 0. The molecular formula is C8H10FIN2O2. The van der Waals surface area contributed by atoms with Gasteiger partial charge in [0, 0.05) is 6.07 Å². The SMILES string of the molecule is CCOC(=O)c1cc(I)nn1CCF. The smallest absolute Gasteiger partial charge is 0.356 e. The van der Waals surface area contributed by atoms with E-state index in [0.29, 0.717) is 16.0 Å². The van der Waals surface area contributed by atoms with Crippen LogP contribution in [0.25, 0.3) is 0 Å². The number of esters is 1. The van der Waals surface area contributed by atoms with Gasteiger partial charge in [0.25, 0.3) is 0 Å². The highest BCUT2D eigenvalue weighted by Gasteiger charge is 2.14. The minimum atomic E-state index is -0.551. The van der Waals surface area contributed by atoms with Crippen LogP contribution in [-0.2, 0) is 11.3 Å². The fraction of sp³-hybridized carbons (Fsp3) is 0.500. The summed E-state index contributed by atoms with van der Waals surface area (Å²) >= 11 is 1.97. The van der Waals surface area contributed by atoms with Crippen molar-refractivity contribution >= 4 is 28.6 Å². The van der Waals surface area contributed by atoms with Crippen LogP contribution in [0.4, 0.5) is 4.39 Å². The summed E-state index contributed by atoms with van der Waals surface area (Å²) in [7, 11) is 0. The van der Waals surface area contributed by atoms with E-state index in [9.17, 15) is 9.18 Å². The number of carbonyl (C=O) groups is 1. The average molecular weight is 312 g/mol. The molecule has 0 radical (unpaired) electrons. The van der Waals surface area contributed by atoms with E-state index in [0.717, 1.165) is 0 Å². The molecular weight excluding hydrogens is 302 g/mol. The summed E-state index contributed by atoms with van der Waals surface area (Å²) < 4.78 is 18.9. The number of rotatable bonds is 4. The molecule has 0 fully saturated rings. The predicted octanol–water partition coefficient (Wildman–Crippen LogP) is 1.63. The minimum Gasteiger partial charge on any atom is -0.461 e. The molecule has 6 heteroatoms. The van der Waals surface area contributed by atoms with Gasteiger partial charge in [0.1, 0.15) is 16.1 Å². The highest BCUT2D eigenvalue weighted by Crippen LogP contribution is 2.08. The van der Waals surface area contributed by atoms with Crippen LogP contribution in [0, 0.1) is 3.70 Å². The molecule has 0 N–H and O–H groups in total. The van der Waals surface area contributed by atoms with Crippen molar-refractivity contribution in [2.24, 2.45) is 0 Å². The number of carbonyl (C=O) groups excluding carboxylic acids is 1. The second-order valence-corrected chi connectivity index (χ2v) is 3.59. The second kappa shape index (κ2) is 5.28. The largest absolute Gasteiger partial charge is 0.461 e. The second-order valence-electron chi connectivity index (χ2n) is 2.48. The van der Waals surface area contributed by atoms with Crippen LogP contribution in [0.3, 0.4) is 0 Å². The number of halogens is 2. The molecule has 14 heavy (non-hydrogen) atoms. The van der Waals surface area contributed by atoms with Gasteiger partial charge in [-0.15, -0.1) is 0 Å². The van der Waals surface area contributed by atoms with Crippen molar-refractivity contribution in [2.75, 3.05) is 13.3 Å². The molecule has 1 heterocycles. The van der Waals surface area contributed by atoms with E-state index in [1.165, 1.54) is 4.68 Å². The van der Waals surface area contributed by atoms with Crippen molar-refractivity contribution < 1.29 is 13.9 Å². The van der Waals surface area contributed by atoms with E-state index in [1.54, 1.807) is 13.0 Å². The molecule has 1 rings (SSSR count). The summed E-state index contributed by atoms with van der Waals surface area (Å²) in [6, 6.07) is 1.58. The van der Waals surface area contributed by atoms with Crippen LogP contribution in [0.2, 0.25) is 0 Å². The van der Waals surface area contributed by atoms with Crippen LogP contribution in [0.1, 0.15) is 17.4 Å². The Morgan fingerprint density at radius 3 is 3.07 bits per heavy atom. The first-order valence-corrected chi connectivity index (χ1v) is 5.23. The van der Waals surface area contributed by atoms with E-state index >= 15 is 0 Å². The van der Waals surface area contributed by atoms with Gasteiger partial charge in [-0.2, -0.15) is 5.10 Å². The van der Waals surface area contributed by atoms with Gasteiger partial charge in [-0.05, 0) is 29.5 Å². The Labute approximate surface area is 94.6 Å². The molecule has 1 aromatic heterocycles. The molecule has 0 amide bonds. The molecule has 1 aromatic rings. The molecule has 0 unspecified atom stereocenters. The molecule has 4 nitrogen and oxygen atoms in total. The van der Waals surface area contributed by atoms with E-state index in [-0.39, 0.29) is 6.54 Å². The minimum absolute atomic E-state index is 0.0805. The Morgan fingerprint density at radius 1 is 1.79 bits per heavy atom. The first-order valence-electron chi connectivity index (χ1n) is 4.15. The third kappa shape index (κ3) is 2.66. The molecule has 0 atom stereocenters. The Kier molecular flexibility index (Phi) is 4.30. The van der Waals surface area contributed by atoms with Crippen LogP contribution in [0.5, 0.6) is 0 Å². The molecule has 0 aliphatic heterocycles. The molecule has 0 aliphatic rings.